The van der Waals surface area contributed by atoms with Gasteiger partial charge < -0.3 is 10.1 Å². The Kier molecular flexibility index (Phi) is 3.82. The first-order chi connectivity index (χ1) is 8.76. The van der Waals surface area contributed by atoms with Gasteiger partial charge in [0.1, 0.15) is 5.75 Å². The van der Waals surface area contributed by atoms with Gasteiger partial charge in [0.25, 0.3) is 0 Å². The number of hydrogen-bond acceptors (Lipinski definition) is 2. The standard InChI is InChI=1S/C15H17NO2/c1-3-6-15(17)16-13-9-10-14(18-2)12-8-5-4-7-11(12)13/h4-5,7-10H,3,6H2,1-2H3,(H,16,17). The summed E-state index contributed by atoms with van der Waals surface area (Å²) < 4.78 is 5.32. The van der Waals surface area contributed by atoms with Gasteiger partial charge in [0, 0.05) is 22.9 Å². The average molecular weight is 243 g/mol. The molecule has 0 saturated heterocycles. The second kappa shape index (κ2) is 5.54. The van der Waals surface area contributed by atoms with Crippen molar-refractivity contribution in [3.8, 4) is 5.75 Å². The third-order valence-corrected chi connectivity index (χ3v) is 2.86. The largest absolute Gasteiger partial charge is 0.496 e. The molecule has 0 heterocycles. The lowest BCUT2D eigenvalue weighted by molar-refractivity contribution is -0.116. The van der Waals surface area contributed by atoms with Crippen LogP contribution in [0.25, 0.3) is 10.8 Å². The molecule has 2 rings (SSSR count). The first kappa shape index (κ1) is 12.4. The van der Waals surface area contributed by atoms with Gasteiger partial charge in [0.15, 0.2) is 0 Å². The first-order valence-electron chi connectivity index (χ1n) is 6.12. The van der Waals surface area contributed by atoms with E-state index in [2.05, 4.69) is 5.32 Å². The predicted octanol–water partition coefficient (Wildman–Crippen LogP) is 3.59. The van der Waals surface area contributed by atoms with E-state index in [1.807, 2.05) is 43.3 Å². The van der Waals surface area contributed by atoms with Gasteiger partial charge in [-0.15, -0.1) is 0 Å². The SMILES string of the molecule is CCCC(=O)Nc1ccc(OC)c2ccccc12. The molecule has 18 heavy (non-hydrogen) atoms. The lowest BCUT2D eigenvalue weighted by atomic mass is 10.1. The molecule has 0 unspecified atom stereocenters. The Morgan fingerprint density at radius 2 is 1.89 bits per heavy atom. The second-order valence-electron chi connectivity index (χ2n) is 4.16. The van der Waals surface area contributed by atoms with E-state index in [4.69, 9.17) is 4.74 Å². The van der Waals surface area contributed by atoms with Crippen molar-refractivity contribution in [2.75, 3.05) is 12.4 Å². The highest BCUT2D eigenvalue weighted by Crippen LogP contribution is 2.31. The van der Waals surface area contributed by atoms with Crippen LogP contribution in [0.4, 0.5) is 5.69 Å². The number of benzene rings is 2. The lowest BCUT2D eigenvalue weighted by Gasteiger charge is -2.11. The molecule has 0 aromatic heterocycles. The number of amides is 1. The van der Waals surface area contributed by atoms with E-state index < -0.39 is 0 Å². The molecular weight excluding hydrogens is 226 g/mol. The number of carbonyl (C=O) groups excluding carboxylic acids is 1. The van der Waals surface area contributed by atoms with Crippen molar-refractivity contribution in [2.45, 2.75) is 19.8 Å². The molecule has 0 saturated carbocycles. The maximum Gasteiger partial charge on any atom is 0.224 e. The molecular formula is C15H17NO2. The van der Waals surface area contributed by atoms with Crippen molar-refractivity contribution >= 4 is 22.4 Å². The Hall–Kier alpha value is -2.03. The Bertz CT molecular complexity index is 563. The molecule has 1 amide bonds. The molecule has 1 N–H and O–H groups in total. The molecule has 2 aromatic rings. The van der Waals surface area contributed by atoms with Crippen molar-refractivity contribution in [1.82, 2.24) is 0 Å². The second-order valence-corrected chi connectivity index (χ2v) is 4.16. The molecule has 3 heteroatoms. The molecule has 0 fully saturated rings. The zero-order valence-electron chi connectivity index (χ0n) is 10.7. The van der Waals surface area contributed by atoms with Crippen molar-refractivity contribution < 1.29 is 9.53 Å². The predicted molar refractivity (Wildman–Crippen MR) is 74.0 cm³/mol. The fourth-order valence-electron chi connectivity index (χ4n) is 2.00. The van der Waals surface area contributed by atoms with Gasteiger partial charge in [-0.3, -0.25) is 4.79 Å². The first-order valence-corrected chi connectivity index (χ1v) is 6.12. The lowest BCUT2D eigenvalue weighted by Crippen LogP contribution is -2.10. The van der Waals surface area contributed by atoms with Crippen LogP contribution < -0.4 is 10.1 Å². The smallest absolute Gasteiger partial charge is 0.224 e. The number of methoxy groups -OCH3 is 1. The highest BCUT2D eigenvalue weighted by atomic mass is 16.5. The summed E-state index contributed by atoms with van der Waals surface area (Å²) in [6.45, 7) is 1.99. The Labute approximate surface area is 107 Å². The van der Waals surface area contributed by atoms with Crippen molar-refractivity contribution in [3.63, 3.8) is 0 Å². The third-order valence-electron chi connectivity index (χ3n) is 2.86. The van der Waals surface area contributed by atoms with Gasteiger partial charge in [-0.1, -0.05) is 31.2 Å². The van der Waals surface area contributed by atoms with Crippen LogP contribution in [0.1, 0.15) is 19.8 Å². The number of carbonyl (C=O) groups is 1. The molecule has 0 spiro atoms. The maximum absolute atomic E-state index is 11.7. The Morgan fingerprint density at radius 3 is 2.56 bits per heavy atom. The molecule has 0 aliphatic carbocycles. The van der Waals surface area contributed by atoms with Gasteiger partial charge in [-0.25, -0.2) is 0 Å². The topological polar surface area (TPSA) is 38.3 Å². The third kappa shape index (κ3) is 2.45. The van der Waals surface area contributed by atoms with Crippen LogP contribution in [0.3, 0.4) is 0 Å². The molecule has 94 valence electrons. The normalized spacial score (nSPS) is 10.3. The van der Waals surface area contributed by atoms with Gasteiger partial charge in [0.05, 0.1) is 7.11 Å². The minimum atomic E-state index is 0.0489. The molecule has 2 aromatic carbocycles. The van der Waals surface area contributed by atoms with Crippen molar-refractivity contribution in [2.24, 2.45) is 0 Å². The van der Waals surface area contributed by atoms with E-state index in [1.54, 1.807) is 7.11 Å². The minimum absolute atomic E-state index is 0.0489. The number of fused-ring (bicyclic) bond motifs is 1. The Balaban J connectivity index is 2.43. The van der Waals surface area contributed by atoms with Gasteiger partial charge in [-0.2, -0.15) is 0 Å². The molecule has 0 aliphatic heterocycles. The molecule has 0 aliphatic rings. The van der Waals surface area contributed by atoms with Gasteiger partial charge in [-0.05, 0) is 18.6 Å². The summed E-state index contributed by atoms with van der Waals surface area (Å²) in [5.74, 6) is 0.868. The summed E-state index contributed by atoms with van der Waals surface area (Å²) in [5.41, 5.74) is 0.838. The zero-order valence-corrected chi connectivity index (χ0v) is 10.7. The van der Waals surface area contributed by atoms with Crippen LogP contribution >= 0.6 is 0 Å². The monoisotopic (exact) mass is 243 g/mol. The summed E-state index contributed by atoms with van der Waals surface area (Å²) in [6, 6.07) is 11.7. The number of anilines is 1. The van der Waals surface area contributed by atoms with Crippen LogP contribution in [0.5, 0.6) is 5.75 Å². The van der Waals surface area contributed by atoms with Crippen molar-refractivity contribution in [3.05, 3.63) is 36.4 Å². The van der Waals surface area contributed by atoms with E-state index in [9.17, 15) is 4.79 Å². The number of hydrogen-bond donors (Lipinski definition) is 1. The molecule has 3 nitrogen and oxygen atoms in total. The van der Waals surface area contributed by atoms with Crippen LogP contribution in [-0.2, 0) is 4.79 Å². The van der Waals surface area contributed by atoms with Crippen LogP contribution in [0.15, 0.2) is 36.4 Å². The number of nitrogens with one attached hydrogen (secondary N) is 1. The Morgan fingerprint density at radius 1 is 1.17 bits per heavy atom. The fraction of sp³-hybridized carbons (Fsp3) is 0.267. The number of ether oxygens (including phenoxy) is 1. The molecule has 0 atom stereocenters. The van der Waals surface area contributed by atoms with Gasteiger partial charge in [0.2, 0.25) is 5.91 Å². The van der Waals surface area contributed by atoms with Gasteiger partial charge >= 0.3 is 0 Å². The average Bonchev–Trinajstić information content (AvgIpc) is 2.39. The summed E-state index contributed by atoms with van der Waals surface area (Å²) in [4.78, 5) is 11.7. The molecule has 0 radical (unpaired) electrons. The highest BCUT2D eigenvalue weighted by molar-refractivity contribution is 6.04. The summed E-state index contributed by atoms with van der Waals surface area (Å²) >= 11 is 0. The summed E-state index contributed by atoms with van der Waals surface area (Å²) in [6.07, 6.45) is 1.39. The van der Waals surface area contributed by atoms with E-state index >= 15 is 0 Å². The van der Waals surface area contributed by atoms with E-state index in [-0.39, 0.29) is 5.91 Å². The van der Waals surface area contributed by atoms with Crippen molar-refractivity contribution in [1.29, 1.82) is 0 Å². The van der Waals surface area contributed by atoms with E-state index in [1.165, 1.54) is 0 Å². The molecule has 0 bridgehead atoms. The van der Waals surface area contributed by atoms with Crippen LogP contribution in [0.2, 0.25) is 0 Å². The van der Waals surface area contributed by atoms with E-state index in [0.29, 0.717) is 6.42 Å². The number of rotatable bonds is 4. The van der Waals surface area contributed by atoms with Crippen LogP contribution in [0, 0.1) is 0 Å². The highest BCUT2D eigenvalue weighted by Gasteiger charge is 2.08. The minimum Gasteiger partial charge on any atom is -0.496 e. The maximum atomic E-state index is 11.7. The zero-order chi connectivity index (χ0) is 13.0. The van der Waals surface area contributed by atoms with Crippen LogP contribution in [-0.4, -0.2) is 13.0 Å². The quantitative estimate of drug-likeness (QED) is 0.891. The fourth-order valence-corrected chi connectivity index (χ4v) is 2.00. The summed E-state index contributed by atoms with van der Waals surface area (Å²) in [5, 5.41) is 4.95. The summed E-state index contributed by atoms with van der Waals surface area (Å²) in [7, 11) is 1.65. The van der Waals surface area contributed by atoms with E-state index in [0.717, 1.165) is 28.6 Å².